The van der Waals surface area contributed by atoms with Crippen molar-refractivity contribution in [1.82, 2.24) is 4.98 Å². The van der Waals surface area contributed by atoms with E-state index < -0.39 is 38.0 Å². The van der Waals surface area contributed by atoms with Gasteiger partial charge in [-0.25, -0.2) is 9.37 Å². The molecule has 9 heteroatoms. The summed E-state index contributed by atoms with van der Waals surface area (Å²) in [5, 5.41) is 12.3. The molecule has 0 aliphatic rings. The van der Waals surface area contributed by atoms with Gasteiger partial charge in [0.1, 0.15) is 11.5 Å². The third kappa shape index (κ3) is 5.99. The number of ether oxygens (including phenoxy) is 1. The number of carbonyl (C=O) groups is 1. The van der Waals surface area contributed by atoms with Crippen molar-refractivity contribution >= 4 is 25.3 Å². The van der Waals surface area contributed by atoms with Crippen molar-refractivity contribution in [2.24, 2.45) is 0 Å². The van der Waals surface area contributed by atoms with Crippen LogP contribution in [0, 0.1) is 18.2 Å². The zero-order valence-electron chi connectivity index (χ0n) is 18.9. The molecule has 0 saturated heterocycles. The third-order valence-corrected chi connectivity index (χ3v) is 7.44. The monoisotopic (exact) mass is 501 g/mol. The number of aliphatic hydroxyl groups excluding tert-OH is 1. The summed E-state index contributed by atoms with van der Waals surface area (Å²) in [6, 6.07) is 11.5. The molecular formula is C25H25FNO5PS. The van der Waals surface area contributed by atoms with Gasteiger partial charge in [0.25, 0.3) is 0 Å². The number of terminal acetylenes is 1. The number of nitrogens with zero attached hydrogens (tertiary/aromatic N) is 1. The highest BCUT2D eigenvalue weighted by Gasteiger charge is 2.28. The molecule has 3 unspecified atom stereocenters. The van der Waals surface area contributed by atoms with Crippen molar-refractivity contribution in [2.75, 3.05) is 7.11 Å². The molecule has 2 aromatic heterocycles. The number of esters is 1. The molecule has 0 bridgehead atoms. The highest BCUT2D eigenvalue weighted by atomic mass is 32.1. The number of pyridine rings is 1. The first-order chi connectivity index (χ1) is 16.2. The number of rotatable bonds is 9. The topological polar surface area (TPSA) is 85.7 Å². The van der Waals surface area contributed by atoms with E-state index in [-0.39, 0.29) is 11.7 Å². The molecule has 0 radical (unpaired) electrons. The van der Waals surface area contributed by atoms with E-state index in [1.165, 1.54) is 30.6 Å². The van der Waals surface area contributed by atoms with E-state index in [0.717, 1.165) is 4.88 Å². The van der Waals surface area contributed by atoms with E-state index in [1.54, 1.807) is 18.2 Å². The quantitative estimate of drug-likeness (QED) is 0.236. The van der Waals surface area contributed by atoms with Crippen LogP contribution in [-0.2, 0) is 13.9 Å². The van der Waals surface area contributed by atoms with Crippen LogP contribution in [0.3, 0.4) is 0 Å². The zero-order valence-corrected chi connectivity index (χ0v) is 20.8. The summed E-state index contributed by atoms with van der Waals surface area (Å²) in [7, 11) is -1.51. The van der Waals surface area contributed by atoms with Gasteiger partial charge in [0.2, 0.25) is 8.03 Å². The van der Waals surface area contributed by atoms with Crippen LogP contribution >= 0.6 is 19.4 Å². The van der Waals surface area contributed by atoms with Gasteiger partial charge in [-0.3, -0.25) is 9.36 Å². The van der Waals surface area contributed by atoms with Gasteiger partial charge in [-0.2, -0.15) is 0 Å². The van der Waals surface area contributed by atoms with Gasteiger partial charge in [0.15, 0.2) is 5.75 Å². The molecule has 0 amide bonds. The fraction of sp³-hybridized carbons (Fsp3) is 0.280. The molecule has 2 heterocycles. The van der Waals surface area contributed by atoms with Crippen LogP contribution in [0.2, 0.25) is 0 Å². The maximum atomic E-state index is 13.6. The summed E-state index contributed by atoms with van der Waals surface area (Å²) in [6.07, 6.45) is 3.47. The Kier molecular flexibility index (Phi) is 8.76. The second-order valence-corrected chi connectivity index (χ2v) is 10.4. The Morgan fingerprint density at radius 1 is 1.29 bits per heavy atom. The minimum absolute atomic E-state index is 0.116. The van der Waals surface area contributed by atoms with Crippen LogP contribution in [0.1, 0.15) is 31.9 Å². The Hall–Kier alpha value is -2.82. The fourth-order valence-electron chi connectivity index (χ4n) is 3.35. The molecule has 0 saturated carbocycles. The number of carbonyl (C=O) groups excluding carboxylic acids is 1. The van der Waals surface area contributed by atoms with E-state index in [1.807, 2.05) is 31.4 Å². The molecule has 1 N–H and O–H groups in total. The molecule has 0 spiro atoms. The lowest BCUT2D eigenvalue weighted by molar-refractivity contribution is -0.136. The Morgan fingerprint density at radius 3 is 2.56 bits per heavy atom. The lowest BCUT2D eigenvalue weighted by atomic mass is 9.98. The number of hydrogen-bond acceptors (Lipinski definition) is 7. The SMILES string of the molecule is C#CC(C(O)CC(=O)Oc1c(-c2ccc(F)cc2)cc(-c2cccs2)nc1C(C)C)[PH](=O)OC. The Bertz CT molecular complexity index is 1210. The van der Waals surface area contributed by atoms with E-state index in [9.17, 15) is 18.9 Å². The van der Waals surface area contributed by atoms with Gasteiger partial charge in [0.05, 0.1) is 28.8 Å². The molecule has 3 aromatic rings. The number of aromatic nitrogens is 1. The van der Waals surface area contributed by atoms with Gasteiger partial charge >= 0.3 is 5.97 Å². The predicted octanol–water partition coefficient (Wildman–Crippen LogP) is 5.52. The van der Waals surface area contributed by atoms with Crippen molar-refractivity contribution in [3.05, 3.63) is 59.4 Å². The molecule has 3 rings (SSSR count). The first-order valence-electron chi connectivity index (χ1n) is 10.5. The Morgan fingerprint density at radius 2 is 2.00 bits per heavy atom. The second kappa shape index (κ2) is 11.5. The summed E-state index contributed by atoms with van der Waals surface area (Å²) < 4.78 is 36.0. The largest absolute Gasteiger partial charge is 0.424 e. The summed E-state index contributed by atoms with van der Waals surface area (Å²) in [5.74, 6) is 1.16. The van der Waals surface area contributed by atoms with Gasteiger partial charge in [-0.05, 0) is 41.1 Å². The van der Waals surface area contributed by atoms with Crippen LogP contribution in [0.4, 0.5) is 4.39 Å². The smallest absolute Gasteiger partial charge is 0.313 e. The first-order valence-corrected chi connectivity index (χ1v) is 12.8. The molecule has 1 aromatic carbocycles. The number of thiophene rings is 1. The maximum absolute atomic E-state index is 13.6. The molecule has 178 valence electrons. The lowest BCUT2D eigenvalue weighted by Gasteiger charge is -2.20. The van der Waals surface area contributed by atoms with E-state index in [0.29, 0.717) is 22.5 Å². The normalized spacial score (nSPS) is 13.8. The van der Waals surface area contributed by atoms with Crippen LogP contribution in [0.5, 0.6) is 5.75 Å². The van der Waals surface area contributed by atoms with Gasteiger partial charge < -0.3 is 14.4 Å². The number of benzene rings is 1. The molecule has 3 atom stereocenters. The van der Waals surface area contributed by atoms with Crippen molar-refractivity contribution in [1.29, 1.82) is 0 Å². The fourth-order valence-corrected chi connectivity index (χ4v) is 4.86. The molecule has 34 heavy (non-hydrogen) atoms. The minimum atomic E-state index is -2.73. The standard InChI is InChI=1S/C25H25FNO5PS/c1-5-21(33(30)31-4)20(28)14-23(29)32-25-18(16-8-10-17(26)11-9-16)13-19(22-7-6-12-34-22)27-24(25)15(2)3/h1,6-13,15,20-21,28,33H,14H2,2-4H3. The minimum Gasteiger partial charge on any atom is -0.424 e. The van der Waals surface area contributed by atoms with E-state index in [2.05, 4.69) is 5.92 Å². The van der Waals surface area contributed by atoms with Crippen molar-refractivity contribution in [3.63, 3.8) is 0 Å². The lowest BCUT2D eigenvalue weighted by Crippen LogP contribution is -2.27. The van der Waals surface area contributed by atoms with Crippen LogP contribution < -0.4 is 4.74 Å². The van der Waals surface area contributed by atoms with E-state index >= 15 is 0 Å². The highest BCUT2D eigenvalue weighted by molar-refractivity contribution is 7.40. The molecule has 0 aliphatic carbocycles. The zero-order chi connectivity index (χ0) is 24.8. The van der Waals surface area contributed by atoms with Gasteiger partial charge in [-0.1, -0.05) is 38.0 Å². The summed E-state index contributed by atoms with van der Waals surface area (Å²) in [6.45, 7) is 3.83. The van der Waals surface area contributed by atoms with Crippen LogP contribution in [0.25, 0.3) is 21.7 Å². The molecular weight excluding hydrogens is 476 g/mol. The maximum Gasteiger partial charge on any atom is 0.313 e. The molecule has 0 aliphatic heterocycles. The van der Waals surface area contributed by atoms with Gasteiger partial charge in [-0.15, -0.1) is 17.8 Å². The predicted molar refractivity (Wildman–Crippen MR) is 132 cm³/mol. The summed E-state index contributed by atoms with van der Waals surface area (Å²) >= 11 is 1.52. The second-order valence-electron chi connectivity index (χ2n) is 7.82. The summed E-state index contributed by atoms with van der Waals surface area (Å²) in [5.41, 5.74) is 1.31. The summed E-state index contributed by atoms with van der Waals surface area (Å²) in [4.78, 5) is 18.5. The van der Waals surface area contributed by atoms with Gasteiger partial charge in [0, 0.05) is 12.7 Å². The average Bonchev–Trinajstić information content (AvgIpc) is 3.35. The number of aliphatic hydroxyl groups is 1. The number of hydrogen-bond donors (Lipinski definition) is 1. The third-order valence-electron chi connectivity index (χ3n) is 5.09. The van der Waals surface area contributed by atoms with E-state index in [4.69, 9.17) is 20.7 Å². The van der Waals surface area contributed by atoms with Crippen molar-refractivity contribution in [2.45, 2.75) is 37.9 Å². The van der Waals surface area contributed by atoms with Crippen LogP contribution in [-0.4, -0.2) is 34.9 Å². The van der Waals surface area contributed by atoms with Crippen molar-refractivity contribution in [3.8, 4) is 39.8 Å². The first kappa shape index (κ1) is 25.8. The Labute approximate surface area is 202 Å². The Balaban J connectivity index is 2.04. The highest BCUT2D eigenvalue weighted by Crippen LogP contribution is 2.40. The van der Waals surface area contributed by atoms with Crippen molar-refractivity contribution < 1.29 is 28.1 Å². The molecule has 6 nitrogen and oxygen atoms in total. The number of halogens is 1. The van der Waals surface area contributed by atoms with Crippen LogP contribution in [0.15, 0.2) is 47.8 Å². The average molecular weight is 502 g/mol. The molecule has 0 fully saturated rings.